The molecule has 2 aliphatic heterocycles. The number of fused-ring (bicyclic) bond motifs is 1. The van der Waals surface area contributed by atoms with Crippen molar-refractivity contribution in [2.75, 3.05) is 38.3 Å². The van der Waals surface area contributed by atoms with Crippen LogP contribution in [0.15, 0.2) is 70.3 Å². The number of hydrazone groups is 1. The molecule has 0 atom stereocenters. The van der Waals surface area contributed by atoms with Gasteiger partial charge in [0.15, 0.2) is 0 Å². The summed E-state index contributed by atoms with van der Waals surface area (Å²) in [5.74, 6) is -0.481. The molecule has 2 aliphatic rings. The smallest absolute Gasteiger partial charge is 0.271 e. The maximum Gasteiger partial charge on any atom is 0.271 e. The molecule has 0 bridgehead atoms. The molecule has 2 heterocycles. The van der Waals surface area contributed by atoms with Crippen LogP contribution >= 0.6 is 0 Å². The zero-order valence-corrected chi connectivity index (χ0v) is 19.8. The molecule has 1 saturated heterocycles. The Hall–Kier alpha value is -3.01. The molecule has 4 rings (SSSR count). The Morgan fingerprint density at radius 3 is 2.58 bits per heavy atom. The van der Waals surface area contributed by atoms with Crippen LogP contribution in [0.5, 0.6) is 0 Å². The summed E-state index contributed by atoms with van der Waals surface area (Å²) in [5, 5.41) is 4.05. The van der Waals surface area contributed by atoms with E-state index in [1.165, 1.54) is 22.0 Å². The number of morpholine rings is 1. The highest BCUT2D eigenvalue weighted by Gasteiger charge is 2.37. The van der Waals surface area contributed by atoms with Crippen LogP contribution in [0, 0.1) is 0 Å². The topological polar surface area (TPSA) is 91.3 Å². The van der Waals surface area contributed by atoms with Gasteiger partial charge in [0.05, 0.1) is 18.1 Å². The molecule has 0 aliphatic carbocycles. The Morgan fingerprint density at radius 1 is 1.12 bits per heavy atom. The maximum atomic E-state index is 12.9. The van der Waals surface area contributed by atoms with Crippen LogP contribution in [-0.2, 0) is 20.2 Å². The van der Waals surface area contributed by atoms with Gasteiger partial charge in [0.2, 0.25) is 10.0 Å². The summed E-state index contributed by atoms with van der Waals surface area (Å²) in [7, 11) is -1.67. The molecule has 0 unspecified atom stereocenters. The SMILES string of the molecule is CN1C(=CC=NNC(=O)c2cccc(S(=O)(=O)N3CCOCC3)c2)C(C)(C)c2ccccc21. The molecule has 2 aromatic carbocycles. The second-order valence-electron chi connectivity index (χ2n) is 8.52. The number of amides is 1. The van der Waals surface area contributed by atoms with Gasteiger partial charge in [-0.1, -0.05) is 38.1 Å². The van der Waals surface area contributed by atoms with Gasteiger partial charge >= 0.3 is 0 Å². The normalized spacial score (nSPS) is 19.7. The van der Waals surface area contributed by atoms with Gasteiger partial charge in [-0.25, -0.2) is 13.8 Å². The predicted octanol–water partition coefficient (Wildman–Crippen LogP) is 2.73. The first-order valence-corrected chi connectivity index (χ1v) is 12.2. The van der Waals surface area contributed by atoms with Crippen LogP contribution in [0.1, 0.15) is 29.8 Å². The second kappa shape index (κ2) is 9.09. The van der Waals surface area contributed by atoms with E-state index >= 15 is 0 Å². The number of nitrogens with zero attached hydrogens (tertiary/aromatic N) is 3. The Bertz CT molecular complexity index is 1210. The largest absolute Gasteiger partial charge is 0.379 e. The Morgan fingerprint density at radius 2 is 1.85 bits per heavy atom. The van der Waals surface area contributed by atoms with E-state index in [2.05, 4.69) is 41.4 Å². The van der Waals surface area contributed by atoms with E-state index in [0.717, 1.165) is 11.4 Å². The lowest BCUT2D eigenvalue weighted by Gasteiger charge is -2.26. The summed E-state index contributed by atoms with van der Waals surface area (Å²) >= 11 is 0. The fourth-order valence-electron chi connectivity index (χ4n) is 4.30. The second-order valence-corrected chi connectivity index (χ2v) is 10.5. The lowest BCUT2D eigenvalue weighted by Crippen LogP contribution is -2.40. The highest BCUT2D eigenvalue weighted by Crippen LogP contribution is 2.46. The maximum absolute atomic E-state index is 12.9. The minimum absolute atomic E-state index is 0.0789. The number of ether oxygens (including phenoxy) is 1. The number of para-hydroxylation sites is 1. The average Bonchev–Trinajstić information content (AvgIpc) is 3.02. The standard InChI is InChI=1S/C24H28N4O4S/c1-24(2)20-9-4-5-10-21(20)27(3)22(24)11-12-25-26-23(29)18-7-6-8-19(17-18)33(30,31)28-13-15-32-16-14-28/h4-12,17H,13-16H2,1-3H3,(H,26,29). The minimum Gasteiger partial charge on any atom is -0.379 e. The third kappa shape index (κ3) is 4.44. The van der Waals surface area contributed by atoms with Crippen molar-refractivity contribution in [2.24, 2.45) is 5.10 Å². The monoisotopic (exact) mass is 468 g/mol. The molecule has 8 nitrogen and oxygen atoms in total. The van der Waals surface area contributed by atoms with Crippen molar-refractivity contribution < 1.29 is 17.9 Å². The first kappa shape index (κ1) is 23.2. The van der Waals surface area contributed by atoms with Gasteiger partial charge in [-0.05, 0) is 35.9 Å². The summed E-state index contributed by atoms with van der Waals surface area (Å²) in [5.41, 5.74) is 5.94. The molecular formula is C24H28N4O4S. The number of likely N-dealkylation sites (N-methyl/N-ethyl adjacent to an activating group) is 1. The predicted molar refractivity (Wildman–Crippen MR) is 128 cm³/mol. The number of anilines is 1. The zero-order valence-electron chi connectivity index (χ0n) is 19.0. The summed E-state index contributed by atoms with van der Waals surface area (Å²) in [6.45, 7) is 5.61. The summed E-state index contributed by atoms with van der Waals surface area (Å²) in [4.78, 5) is 14.8. The molecule has 0 saturated carbocycles. The van der Waals surface area contributed by atoms with Crippen LogP contribution < -0.4 is 10.3 Å². The number of carbonyl (C=O) groups is 1. The molecule has 1 fully saturated rings. The minimum atomic E-state index is -3.68. The number of sulfonamides is 1. The van der Waals surface area contributed by atoms with E-state index in [0.29, 0.717) is 26.3 Å². The Balaban J connectivity index is 1.46. The summed E-state index contributed by atoms with van der Waals surface area (Å²) in [6, 6.07) is 14.2. The lowest BCUT2D eigenvalue weighted by molar-refractivity contribution is 0.0730. The van der Waals surface area contributed by atoms with Gasteiger partial charge in [-0.3, -0.25) is 4.79 Å². The highest BCUT2D eigenvalue weighted by molar-refractivity contribution is 7.89. The number of nitrogens with one attached hydrogen (secondary N) is 1. The fourth-order valence-corrected chi connectivity index (χ4v) is 5.76. The van der Waals surface area contributed by atoms with E-state index in [1.54, 1.807) is 18.3 Å². The van der Waals surface area contributed by atoms with E-state index in [-0.39, 0.29) is 15.9 Å². The van der Waals surface area contributed by atoms with Crippen LogP contribution in [0.25, 0.3) is 0 Å². The lowest BCUT2D eigenvalue weighted by atomic mass is 9.84. The van der Waals surface area contributed by atoms with Crippen LogP contribution in [0.3, 0.4) is 0 Å². The number of hydrogen-bond donors (Lipinski definition) is 1. The van der Waals surface area contributed by atoms with Crippen molar-refractivity contribution in [3.63, 3.8) is 0 Å². The number of hydrogen-bond acceptors (Lipinski definition) is 6. The number of allylic oxidation sites excluding steroid dienone is 2. The van der Waals surface area contributed by atoms with Crippen molar-refractivity contribution in [3.8, 4) is 0 Å². The molecule has 33 heavy (non-hydrogen) atoms. The molecule has 0 aromatic heterocycles. The van der Waals surface area contributed by atoms with Gasteiger partial charge in [0.25, 0.3) is 5.91 Å². The number of carbonyl (C=O) groups excluding carboxylic acids is 1. The molecule has 0 radical (unpaired) electrons. The number of benzene rings is 2. The molecule has 0 spiro atoms. The van der Waals surface area contributed by atoms with Crippen LogP contribution in [0.2, 0.25) is 0 Å². The summed E-state index contributed by atoms with van der Waals surface area (Å²) in [6.07, 6.45) is 3.42. The molecule has 174 valence electrons. The van der Waals surface area contributed by atoms with Crippen molar-refractivity contribution in [2.45, 2.75) is 24.2 Å². The first-order chi connectivity index (χ1) is 15.7. The van der Waals surface area contributed by atoms with Gasteiger partial charge in [0, 0.05) is 48.7 Å². The molecule has 9 heteroatoms. The quantitative estimate of drug-likeness (QED) is 0.538. The highest BCUT2D eigenvalue weighted by atomic mass is 32.2. The van der Waals surface area contributed by atoms with Gasteiger partial charge in [-0.2, -0.15) is 9.41 Å². The van der Waals surface area contributed by atoms with Crippen LogP contribution in [-0.4, -0.2) is 58.2 Å². The Kier molecular flexibility index (Phi) is 6.38. The molecule has 1 N–H and O–H groups in total. The van der Waals surface area contributed by atoms with Crippen molar-refractivity contribution in [1.29, 1.82) is 0 Å². The van der Waals surface area contributed by atoms with Crippen molar-refractivity contribution >= 4 is 27.8 Å². The third-order valence-corrected chi connectivity index (χ3v) is 8.01. The van der Waals surface area contributed by atoms with Gasteiger partial charge in [0.1, 0.15) is 0 Å². The first-order valence-electron chi connectivity index (χ1n) is 10.8. The zero-order chi connectivity index (χ0) is 23.6. The number of rotatable bonds is 5. The van der Waals surface area contributed by atoms with E-state index in [4.69, 9.17) is 4.74 Å². The average molecular weight is 469 g/mol. The van der Waals surface area contributed by atoms with E-state index < -0.39 is 15.9 Å². The molecule has 1 amide bonds. The van der Waals surface area contributed by atoms with Crippen LogP contribution in [0.4, 0.5) is 5.69 Å². The Labute approximate surface area is 194 Å². The van der Waals surface area contributed by atoms with Crippen molar-refractivity contribution in [1.82, 2.24) is 9.73 Å². The third-order valence-electron chi connectivity index (χ3n) is 6.12. The molecular weight excluding hydrogens is 440 g/mol. The summed E-state index contributed by atoms with van der Waals surface area (Å²) < 4.78 is 32.3. The molecule has 2 aromatic rings. The fraction of sp³-hybridized carbons (Fsp3) is 0.333. The van der Waals surface area contributed by atoms with Gasteiger partial charge < -0.3 is 9.64 Å². The van der Waals surface area contributed by atoms with Gasteiger partial charge in [-0.15, -0.1) is 0 Å². The van der Waals surface area contributed by atoms with Crippen molar-refractivity contribution in [3.05, 3.63) is 71.4 Å². The van der Waals surface area contributed by atoms with E-state index in [9.17, 15) is 13.2 Å². The van der Waals surface area contributed by atoms with E-state index in [1.807, 2.05) is 25.3 Å².